The summed E-state index contributed by atoms with van der Waals surface area (Å²) in [5.74, 6) is 0.760. The van der Waals surface area contributed by atoms with Crippen LogP contribution in [0.25, 0.3) is 0 Å². The Morgan fingerprint density at radius 1 is 0.970 bits per heavy atom. The molecule has 1 aromatic carbocycles. The van der Waals surface area contributed by atoms with Gasteiger partial charge in [0.25, 0.3) is 0 Å². The fourth-order valence-electron chi connectivity index (χ4n) is 6.81. The molecule has 4 aliphatic rings. The number of carbonyl (C=O) groups excluding carboxylic acids is 3. The van der Waals surface area contributed by atoms with Crippen molar-refractivity contribution >= 4 is 55.3 Å². The van der Waals surface area contributed by atoms with E-state index in [1.807, 2.05) is 0 Å². The van der Waals surface area contributed by atoms with E-state index in [0.717, 1.165) is 19.3 Å². The summed E-state index contributed by atoms with van der Waals surface area (Å²) in [4.78, 5) is 41.1. The van der Waals surface area contributed by atoms with Crippen LogP contribution in [-0.2, 0) is 14.3 Å². The van der Waals surface area contributed by atoms with Gasteiger partial charge in [0.05, 0.1) is 23.1 Å². The van der Waals surface area contributed by atoms with E-state index in [1.165, 1.54) is 11.3 Å². The minimum atomic E-state index is -0.329. The number of amides is 2. The first-order valence-corrected chi connectivity index (χ1v) is 14.0. The highest BCUT2D eigenvalue weighted by Gasteiger charge is 2.66. The molecule has 0 N–H and O–H groups in total. The number of imide groups is 1. The number of esters is 1. The summed E-state index contributed by atoms with van der Waals surface area (Å²) >= 11 is 7.45. The lowest BCUT2D eigenvalue weighted by molar-refractivity contribution is -0.123. The van der Waals surface area contributed by atoms with E-state index >= 15 is 0 Å². The van der Waals surface area contributed by atoms with Crippen molar-refractivity contribution in [1.82, 2.24) is 0 Å². The number of nitrogens with zero attached hydrogens (tertiary/aromatic N) is 1. The van der Waals surface area contributed by atoms with E-state index in [0.29, 0.717) is 29.0 Å². The number of ether oxygens (including phenoxy) is 1. The fourth-order valence-corrected chi connectivity index (χ4v) is 8.68. The molecule has 9 atom stereocenters. The molecule has 4 fully saturated rings. The van der Waals surface area contributed by atoms with Crippen molar-refractivity contribution in [3.8, 4) is 0 Å². The van der Waals surface area contributed by atoms with Gasteiger partial charge in [-0.3, -0.25) is 14.5 Å². The molecule has 0 radical (unpaired) electrons. The summed E-state index contributed by atoms with van der Waals surface area (Å²) in [7, 11) is 0. The average molecular weight is 581 g/mol. The molecule has 1 aromatic rings. The molecule has 0 spiro atoms. The summed E-state index contributed by atoms with van der Waals surface area (Å²) in [6, 6.07) is 6.77. The Hall–Kier alpha value is -1.21. The number of alkyl halides is 2. The third kappa shape index (κ3) is 3.81. The van der Waals surface area contributed by atoms with E-state index < -0.39 is 0 Å². The van der Waals surface area contributed by atoms with Gasteiger partial charge in [-0.05, 0) is 73.1 Å². The summed E-state index contributed by atoms with van der Waals surface area (Å²) in [5.41, 5.74) is 0.999. The van der Waals surface area contributed by atoms with Gasteiger partial charge in [-0.15, -0.1) is 0 Å². The number of halogens is 2. The molecule has 5 nitrogen and oxygen atoms in total. The summed E-state index contributed by atoms with van der Waals surface area (Å²) in [5, 5.41) is 0. The van der Waals surface area contributed by atoms with Crippen LogP contribution in [0.15, 0.2) is 24.3 Å². The third-order valence-corrected chi connectivity index (χ3v) is 11.8. The summed E-state index contributed by atoms with van der Waals surface area (Å²) < 4.78 is 5.95. The molecule has 33 heavy (non-hydrogen) atoms. The number of rotatable bonds is 4. The number of anilines is 1. The molecule has 178 valence electrons. The van der Waals surface area contributed by atoms with E-state index in [9.17, 15) is 14.4 Å². The van der Waals surface area contributed by atoms with Crippen molar-refractivity contribution in [1.29, 1.82) is 0 Å². The van der Waals surface area contributed by atoms with Crippen molar-refractivity contribution in [2.24, 2.45) is 41.4 Å². The first-order chi connectivity index (χ1) is 15.7. The highest BCUT2D eigenvalue weighted by molar-refractivity contribution is 9.12. The first-order valence-electron chi connectivity index (χ1n) is 12.2. The monoisotopic (exact) mass is 579 g/mol. The van der Waals surface area contributed by atoms with Crippen molar-refractivity contribution in [3.63, 3.8) is 0 Å². The topological polar surface area (TPSA) is 63.7 Å². The zero-order chi connectivity index (χ0) is 23.6. The molecule has 3 aliphatic carbocycles. The van der Waals surface area contributed by atoms with Gasteiger partial charge < -0.3 is 4.74 Å². The maximum Gasteiger partial charge on any atom is 0.338 e. The maximum atomic E-state index is 13.2. The van der Waals surface area contributed by atoms with Crippen LogP contribution in [0.5, 0.6) is 0 Å². The second-order valence-electron chi connectivity index (χ2n) is 10.8. The lowest BCUT2D eigenvalue weighted by Gasteiger charge is -2.36. The molecule has 1 saturated heterocycles. The molecule has 0 aromatic heterocycles. The highest BCUT2D eigenvalue weighted by Crippen LogP contribution is 2.60. The van der Waals surface area contributed by atoms with Crippen LogP contribution in [0.1, 0.15) is 56.8 Å². The van der Waals surface area contributed by atoms with Gasteiger partial charge >= 0.3 is 5.97 Å². The lowest BCUT2D eigenvalue weighted by Crippen LogP contribution is -2.37. The fraction of sp³-hybridized carbons (Fsp3) is 0.654. The molecule has 0 unspecified atom stereocenters. The number of carbonyl (C=O) groups is 3. The van der Waals surface area contributed by atoms with E-state index in [2.05, 4.69) is 52.6 Å². The predicted octanol–water partition coefficient (Wildman–Crippen LogP) is 5.59. The standard InChI is InChI=1S/C26H31Br2NO4/c1-12(2)16-9-4-13(3)10-19(16)33-26(32)14-5-7-15(8-6-14)29-24(30)20-17-11-18(21(20)25(29)31)23(28)22(17)27/h5-8,12-13,16-23H,4,9-11H2,1-3H3/t13-,16+,17-,18-,19+,20-,21+,22-,23+/m0/s1. The zero-order valence-corrected chi connectivity index (χ0v) is 22.4. The van der Waals surface area contributed by atoms with Crippen LogP contribution in [0, 0.1) is 41.4 Å². The smallest absolute Gasteiger partial charge is 0.338 e. The average Bonchev–Trinajstić information content (AvgIpc) is 3.38. The van der Waals surface area contributed by atoms with Gasteiger partial charge in [0.15, 0.2) is 0 Å². The first kappa shape index (κ1) is 23.5. The molecule has 7 heteroatoms. The van der Waals surface area contributed by atoms with E-state index in [4.69, 9.17) is 4.74 Å². The molecule has 1 aliphatic heterocycles. The van der Waals surface area contributed by atoms with Gasteiger partial charge in [0.1, 0.15) is 6.10 Å². The zero-order valence-electron chi connectivity index (χ0n) is 19.2. The van der Waals surface area contributed by atoms with Crippen LogP contribution in [0.3, 0.4) is 0 Å². The lowest BCUT2D eigenvalue weighted by atomic mass is 9.75. The molecule has 2 bridgehead atoms. The van der Waals surface area contributed by atoms with Crippen LogP contribution in [0.4, 0.5) is 5.69 Å². The van der Waals surface area contributed by atoms with E-state index in [1.54, 1.807) is 24.3 Å². The Balaban J connectivity index is 1.30. The van der Waals surface area contributed by atoms with Gasteiger partial charge in [0, 0.05) is 9.65 Å². The van der Waals surface area contributed by atoms with Gasteiger partial charge in [-0.25, -0.2) is 4.79 Å². The van der Waals surface area contributed by atoms with Crippen LogP contribution in [-0.4, -0.2) is 33.5 Å². The Morgan fingerprint density at radius 2 is 1.55 bits per heavy atom. The predicted molar refractivity (Wildman–Crippen MR) is 133 cm³/mol. The SMILES string of the molecule is CC(C)[C@H]1CC[C@H](C)C[C@H]1OC(=O)c1ccc(N2C(=O)[C@@H]3[C@@H]4C[C@H]([C@H](Br)[C@@H]4Br)[C@@H]3C2=O)cc1. The van der Waals surface area contributed by atoms with Crippen molar-refractivity contribution in [2.75, 3.05) is 4.90 Å². The second kappa shape index (κ2) is 8.78. The molecule has 2 amide bonds. The Morgan fingerprint density at radius 3 is 2.09 bits per heavy atom. The number of hydrogen-bond donors (Lipinski definition) is 0. The number of fused-ring (bicyclic) bond motifs is 5. The maximum absolute atomic E-state index is 13.2. The van der Waals surface area contributed by atoms with E-state index in [-0.39, 0.29) is 57.2 Å². The Labute approximate surface area is 212 Å². The third-order valence-electron chi connectivity index (χ3n) is 8.57. The largest absolute Gasteiger partial charge is 0.458 e. The minimum Gasteiger partial charge on any atom is -0.458 e. The molecular weight excluding hydrogens is 550 g/mol. The minimum absolute atomic E-state index is 0.0630. The molecule has 1 heterocycles. The molecule has 5 rings (SSSR count). The number of hydrogen-bond acceptors (Lipinski definition) is 4. The van der Waals surface area contributed by atoms with Crippen LogP contribution in [0.2, 0.25) is 0 Å². The summed E-state index contributed by atoms with van der Waals surface area (Å²) in [6.07, 6.45) is 4.02. The summed E-state index contributed by atoms with van der Waals surface area (Å²) in [6.45, 7) is 6.60. The van der Waals surface area contributed by atoms with Crippen LogP contribution < -0.4 is 4.90 Å². The van der Waals surface area contributed by atoms with Crippen LogP contribution >= 0.6 is 31.9 Å². The highest BCUT2D eigenvalue weighted by atomic mass is 79.9. The van der Waals surface area contributed by atoms with Gasteiger partial charge in [0.2, 0.25) is 11.8 Å². The molecular formula is C26H31Br2NO4. The molecule has 3 saturated carbocycles. The second-order valence-corrected chi connectivity index (χ2v) is 12.9. The van der Waals surface area contributed by atoms with Crippen molar-refractivity contribution in [2.45, 2.75) is 62.2 Å². The van der Waals surface area contributed by atoms with Gasteiger partial charge in [-0.2, -0.15) is 0 Å². The van der Waals surface area contributed by atoms with Gasteiger partial charge in [-0.1, -0.05) is 59.1 Å². The Bertz CT molecular complexity index is 932. The quantitative estimate of drug-likeness (QED) is 0.265. The number of benzene rings is 1. The normalized spacial score (nSPS) is 39.9. The van der Waals surface area contributed by atoms with Crippen molar-refractivity contribution < 1.29 is 19.1 Å². The Kier molecular flexibility index (Phi) is 6.26. The van der Waals surface area contributed by atoms with Crippen molar-refractivity contribution in [3.05, 3.63) is 29.8 Å².